The Morgan fingerprint density at radius 3 is 2.71 bits per heavy atom. The van der Waals surface area contributed by atoms with Crippen LogP contribution in [0.15, 0.2) is 22.8 Å². The first-order valence-corrected chi connectivity index (χ1v) is 5.63. The van der Waals surface area contributed by atoms with Crippen molar-refractivity contribution < 1.29 is 0 Å². The molecule has 1 rings (SSSR count). The van der Waals surface area contributed by atoms with Crippen LogP contribution < -0.4 is 5.73 Å². The van der Waals surface area contributed by atoms with E-state index in [1.807, 2.05) is 0 Å². The van der Waals surface area contributed by atoms with E-state index in [0.717, 1.165) is 12.8 Å². The minimum Gasteiger partial charge on any atom is -0.327 e. The van der Waals surface area contributed by atoms with Crippen LogP contribution in [0.2, 0.25) is 0 Å². The van der Waals surface area contributed by atoms with E-state index in [0.29, 0.717) is 12.0 Å². The predicted molar refractivity (Wildman–Crippen MR) is 63.1 cm³/mol. The van der Waals surface area contributed by atoms with Crippen molar-refractivity contribution >= 4 is 0 Å². The van der Waals surface area contributed by atoms with E-state index in [2.05, 4.69) is 33.8 Å². The monoisotopic (exact) mass is 193 g/mol. The molecule has 0 aromatic carbocycles. The van der Waals surface area contributed by atoms with Gasteiger partial charge in [-0.3, -0.25) is 0 Å². The fourth-order valence-corrected chi connectivity index (χ4v) is 2.29. The topological polar surface area (TPSA) is 26.0 Å². The third-order valence-corrected chi connectivity index (χ3v) is 3.56. The van der Waals surface area contributed by atoms with Crippen molar-refractivity contribution in [3.05, 3.63) is 22.8 Å². The van der Waals surface area contributed by atoms with Gasteiger partial charge in [-0.25, -0.2) is 0 Å². The van der Waals surface area contributed by atoms with E-state index >= 15 is 0 Å². The summed E-state index contributed by atoms with van der Waals surface area (Å²) in [7, 11) is 0. The molecule has 2 N–H and O–H groups in total. The van der Waals surface area contributed by atoms with Crippen LogP contribution in [0.5, 0.6) is 0 Å². The van der Waals surface area contributed by atoms with E-state index in [1.54, 1.807) is 5.57 Å². The lowest BCUT2D eigenvalue weighted by molar-refractivity contribution is 0.538. The summed E-state index contributed by atoms with van der Waals surface area (Å²) in [5, 5.41) is 0. The summed E-state index contributed by atoms with van der Waals surface area (Å²) in [5.41, 5.74) is 10.6. The van der Waals surface area contributed by atoms with Gasteiger partial charge in [0, 0.05) is 6.04 Å². The molecule has 0 bridgehead atoms. The van der Waals surface area contributed by atoms with Crippen molar-refractivity contribution in [3.63, 3.8) is 0 Å². The van der Waals surface area contributed by atoms with E-state index < -0.39 is 0 Å². The van der Waals surface area contributed by atoms with Gasteiger partial charge in [0.25, 0.3) is 0 Å². The van der Waals surface area contributed by atoms with Gasteiger partial charge >= 0.3 is 0 Å². The van der Waals surface area contributed by atoms with Gasteiger partial charge in [0.1, 0.15) is 0 Å². The SMILES string of the molecule is C/C=C(\C)[C@H](C)C1=C(C)CC(N)CC1. The molecule has 1 nitrogen and oxygen atoms in total. The smallest absolute Gasteiger partial charge is 0.00791 e. The molecule has 80 valence electrons. The van der Waals surface area contributed by atoms with Gasteiger partial charge in [-0.15, -0.1) is 0 Å². The van der Waals surface area contributed by atoms with E-state index in [9.17, 15) is 0 Å². The summed E-state index contributed by atoms with van der Waals surface area (Å²) in [6, 6.07) is 0.400. The van der Waals surface area contributed by atoms with Crippen molar-refractivity contribution in [1.82, 2.24) is 0 Å². The molecule has 1 unspecified atom stereocenters. The van der Waals surface area contributed by atoms with Crippen LogP contribution in [0.1, 0.15) is 47.0 Å². The quantitative estimate of drug-likeness (QED) is 0.668. The Labute approximate surface area is 88.1 Å². The Morgan fingerprint density at radius 2 is 2.21 bits per heavy atom. The molecule has 0 spiro atoms. The average molecular weight is 193 g/mol. The fourth-order valence-electron chi connectivity index (χ4n) is 2.29. The van der Waals surface area contributed by atoms with Gasteiger partial charge in [0.15, 0.2) is 0 Å². The van der Waals surface area contributed by atoms with Gasteiger partial charge in [-0.05, 0) is 46.0 Å². The standard InChI is InChI=1S/C13H23N/c1-5-9(2)11(4)13-7-6-12(14)8-10(13)3/h5,11-12H,6-8,14H2,1-4H3/b9-5+/t11-,12?/m0/s1. The highest BCUT2D eigenvalue weighted by atomic mass is 14.6. The van der Waals surface area contributed by atoms with Gasteiger partial charge in [-0.1, -0.05) is 29.7 Å². The second-order valence-electron chi connectivity index (χ2n) is 4.56. The molecule has 0 fully saturated rings. The van der Waals surface area contributed by atoms with Gasteiger partial charge in [0.2, 0.25) is 0 Å². The fraction of sp³-hybridized carbons (Fsp3) is 0.692. The molecular formula is C13H23N. The van der Waals surface area contributed by atoms with Crippen LogP contribution in [0.4, 0.5) is 0 Å². The minimum absolute atomic E-state index is 0.400. The highest BCUT2D eigenvalue weighted by Crippen LogP contribution is 2.32. The Bertz CT molecular complexity index is 260. The molecule has 0 heterocycles. The molecule has 1 aliphatic carbocycles. The summed E-state index contributed by atoms with van der Waals surface area (Å²) in [5.74, 6) is 0.618. The van der Waals surface area contributed by atoms with Crippen molar-refractivity contribution in [3.8, 4) is 0 Å². The van der Waals surface area contributed by atoms with E-state index in [1.165, 1.54) is 17.6 Å². The van der Waals surface area contributed by atoms with Crippen molar-refractivity contribution in [2.75, 3.05) is 0 Å². The Balaban J connectivity index is 2.82. The molecule has 14 heavy (non-hydrogen) atoms. The highest BCUT2D eigenvalue weighted by Gasteiger charge is 2.19. The highest BCUT2D eigenvalue weighted by molar-refractivity contribution is 5.26. The first-order chi connectivity index (χ1) is 6.56. The van der Waals surface area contributed by atoms with Gasteiger partial charge in [0.05, 0.1) is 0 Å². The van der Waals surface area contributed by atoms with Crippen LogP contribution in [0, 0.1) is 5.92 Å². The molecule has 0 amide bonds. The number of nitrogens with two attached hydrogens (primary N) is 1. The zero-order valence-electron chi connectivity index (χ0n) is 9.93. The lowest BCUT2D eigenvalue weighted by Crippen LogP contribution is -2.25. The van der Waals surface area contributed by atoms with Crippen molar-refractivity contribution in [2.45, 2.75) is 53.0 Å². The Kier molecular flexibility index (Phi) is 3.94. The lowest BCUT2D eigenvalue weighted by atomic mass is 9.80. The Hall–Kier alpha value is -0.560. The minimum atomic E-state index is 0.400. The maximum atomic E-state index is 5.95. The number of hydrogen-bond donors (Lipinski definition) is 1. The van der Waals surface area contributed by atoms with E-state index in [4.69, 9.17) is 5.73 Å². The second kappa shape index (κ2) is 4.79. The summed E-state index contributed by atoms with van der Waals surface area (Å²) in [4.78, 5) is 0. The third-order valence-electron chi connectivity index (χ3n) is 3.56. The first kappa shape index (κ1) is 11.5. The summed E-state index contributed by atoms with van der Waals surface area (Å²) < 4.78 is 0. The third kappa shape index (κ3) is 2.48. The summed E-state index contributed by atoms with van der Waals surface area (Å²) in [6.45, 7) is 8.90. The molecule has 0 radical (unpaired) electrons. The molecule has 1 aliphatic rings. The largest absolute Gasteiger partial charge is 0.327 e. The Morgan fingerprint density at radius 1 is 1.57 bits per heavy atom. The van der Waals surface area contributed by atoms with Crippen LogP contribution in [0.3, 0.4) is 0 Å². The predicted octanol–water partition coefficient (Wildman–Crippen LogP) is 3.42. The zero-order chi connectivity index (χ0) is 10.7. The molecule has 0 aromatic rings. The van der Waals surface area contributed by atoms with E-state index in [-0.39, 0.29) is 0 Å². The van der Waals surface area contributed by atoms with Crippen LogP contribution >= 0.6 is 0 Å². The second-order valence-corrected chi connectivity index (χ2v) is 4.56. The molecule has 0 saturated heterocycles. The maximum absolute atomic E-state index is 5.95. The zero-order valence-corrected chi connectivity index (χ0v) is 9.93. The number of rotatable bonds is 2. The molecule has 0 saturated carbocycles. The van der Waals surface area contributed by atoms with Crippen molar-refractivity contribution in [1.29, 1.82) is 0 Å². The van der Waals surface area contributed by atoms with Crippen LogP contribution in [-0.2, 0) is 0 Å². The first-order valence-electron chi connectivity index (χ1n) is 5.63. The molecule has 1 heteroatoms. The van der Waals surface area contributed by atoms with Crippen molar-refractivity contribution in [2.24, 2.45) is 11.7 Å². The van der Waals surface area contributed by atoms with Crippen LogP contribution in [0.25, 0.3) is 0 Å². The van der Waals surface area contributed by atoms with Crippen LogP contribution in [-0.4, -0.2) is 6.04 Å². The number of allylic oxidation sites excluding steroid dienone is 3. The lowest BCUT2D eigenvalue weighted by Gasteiger charge is -2.27. The maximum Gasteiger partial charge on any atom is 0.00791 e. The normalized spacial score (nSPS) is 26.6. The van der Waals surface area contributed by atoms with Gasteiger partial charge in [-0.2, -0.15) is 0 Å². The molecule has 0 aliphatic heterocycles. The summed E-state index contributed by atoms with van der Waals surface area (Å²) >= 11 is 0. The molecule has 2 atom stereocenters. The van der Waals surface area contributed by atoms with Gasteiger partial charge < -0.3 is 5.73 Å². The summed E-state index contributed by atoms with van der Waals surface area (Å²) in [6.07, 6.45) is 5.67. The average Bonchev–Trinajstić information content (AvgIpc) is 2.15. The molecular weight excluding hydrogens is 170 g/mol. The number of hydrogen-bond acceptors (Lipinski definition) is 1. The molecule has 0 aromatic heterocycles.